The van der Waals surface area contributed by atoms with Gasteiger partial charge >= 0.3 is 5.97 Å². The van der Waals surface area contributed by atoms with Crippen molar-refractivity contribution in [3.63, 3.8) is 0 Å². The van der Waals surface area contributed by atoms with Crippen molar-refractivity contribution in [3.8, 4) is 17.6 Å². The van der Waals surface area contributed by atoms with Crippen LogP contribution < -0.4 is 10.1 Å². The van der Waals surface area contributed by atoms with E-state index in [4.69, 9.17) is 10.00 Å². The summed E-state index contributed by atoms with van der Waals surface area (Å²) in [5.74, 6) is 0.758. The largest absolute Gasteiger partial charge is 0.465 e. The summed E-state index contributed by atoms with van der Waals surface area (Å²) in [6, 6.07) is 18.3. The van der Waals surface area contributed by atoms with Gasteiger partial charge in [-0.3, -0.25) is 0 Å². The highest BCUT2D eigenvalue weighted by Gasteiger charge is 2.07. The summed E-state index contributed by atoms with van der Waals surface area (Å²) in [6.45, 7) is 0. The monoisotopic (exact) mass is 294 g/mol. The molecule has 0 radical (unpaired) electrons. The summed E-state index contributed by atoms with van der Waals surface area (Å²) < 4.78 is 10.2. The minimum atomic E-state index is -0.681. The maximum Gasteiger partial charge on any atom is 0.350 e. The molecule has 110 valence electrons. The van der Waals surface area contributed by atoms with Crippen LogP contribution in [0.5, 0.6) is 11.5 Å². The van der Waals surface area contributed by atoms with Gasteiger partial charge in [-0.15, -0.1) is 0 Å². The number of para-hydroxylation sites is 1. The molecule has 22 heavy (non-hydrogen) atoms. The van der Waals surface area contributed by atoms with Gasteiger partial charge in [0, 0.05) is 11.9 Å². The van der Waals surface area contributed by atoms with Crippen LogP contribution in [-0.2, 0) is 9.53 Å². The van der Waals surface area contributed by atoms with E-state index in [0.29, 0.717) is 5.75 Å². The van der Waals surface area contributed by atoms with Crippen molar-refractivity contribution in [2.75, 3.05) is 12.4 Å². The molecular formula is C17H14N2O3. The molecule has 2 aromatic rings. The number of hydrogen-bond donors (Lipinski definition) is 1. The molecule has 2 aromatic carbocycles. The van der Waals surface area contributed by atoms with E-state index in [-0.39, 0.29) is 5.57 Å². The number of carbonyl (C=O) groups is 1. The first-order valence-electron chi connectivity index (χ1n) is 6.51. The van der Waals surface area contributed by atoms with Crippen molar-refractivity contribution in [1.29, 1.82) is 5.26 Å². The van der Waals surface area contributed by atoms with Crippen molar-refractivity contribution in [1.82, 2.24) is 0 Å². The first-order valence-corrected chi connectivity index (χ1v) is 6.51. The number of hydrogen-bond acceptors (Lipinski definition) is 5. The maximum atomic E-state index is 11.2. The zero-order valence-corrected chi connectivity index (χ0v) is 11.9. The molecule has 0 aliphatic carbocycles. The lowest BCUT2D eigenvalue weighted by Gasteiger charge is -2.07. The molecule has 0 atom stereocenters. The molecule has 5 nitrogen and oxygen atoms in total. The molecule has 5 heteroatoms. The molecule has 0 heterocycles. The van der Waals surface area contributed by atoms with Crippen LogP contribution in [0, 0.1) is 11.3 Å². The fourth-order valence-electron chi connectivity index (χ4n) is 1.65. The average molecular weight is 294 g/mol. The van der Waals surface area contributed by atoms with E-state index in [1.807, 2.05) is 30.3 Å². The number of nitrogens with zero attached hydrogens (tertiary/aromatic N) is 1. The summed E-state index contributed by atoms with van der Waals surface area (Å²) in [7, 11) is 1.23. The van der Waals surface area contributed by atoms with Gasteiger partial charge in [-0.1, -0.05) is 18.2 Å². The van der Waals surface area contributed by atoms with Crippen molar-refractivity contribution in [3.05, 3.63) is 66.4 Å². The maximum absolute atomic E-state index is 11.2. The molecule has 0 bridgehead atoms. The van der Waals surface area contributed by atoms with Crippen molar-refractivity contribution >= 4 is 11.7 Å². The predicted molar refractivity (Wildman–Crippen MR) is 82.3 cm³/mol. The third kappa shape index (κ3) is 4.12. The fraction of sp³-hybridized carbons (Fsp3) is 0.0588. The predicted octanol–water partition coefficient (Wildman–Crippen LogP) is 3.47. The topological polar surface area (TPSA) is 71.4 Å². The van der Waals surface area contributed by atoms with Gasteiger partial charge in [0.2, 0.25) is 0 Å². The minimum Gasteiger partial charge on any atom is -0.465 e. The number of esters is 1. The van der Waals surface area contributed by atoms with Crippen LogP contribution >= 0.6 is 0 Å². The van der Waals surface area contributed by atoms with Crippen LogP contribution in [0.1, 0.15) is 0 Å². The highest BCUT2D eigenvalue weighted by Crippen LogP contribution is 2.22. The molecule has 0 aliphatic rings. The van der Waals surface area contributed by atoms with Gasteiger partial charge in [0.25, 0.3) is 0 Å². The van der Waals surface area contributed by atoms with Gasteiger partial charge in [-0.25, -0.2) is 4.79 Å². The number of benzene rings is 2. The normalized spacial score (nSPS) is 10.5. The van der Waals surface area contributed by atoms with Gasteiger partial charge in [-0.2, -0.15) is 5.26 Å². The number of anilines is 1. The Hall–Kier alpha value is -3.26. The lowest BCUT2D eigenvalue weighted by Crippen LogP contribution is -2.05. The molecule has 0 amide bonds. The summed E-state index contributed by atoms with van der Waals surface area (Å²) in [5, 5.41) is 11.7. The number of nitrogens with one attached hydrogen (secondary N) is 1. The van der Waals surface area contributed by atoms with Gasteiger partial charge in [0.15, 0.2) is 5.57 Å². The first-order chi connectivity index (χ1) is 10.7. The highest BCUT2D eigenvalue weighted by molar-refractivity contribution is 5.93. The van der Waals surface area contributed by atoms with E-state index in [9.17, 15) is 4.79 Å². The standard InChI is InChI=1S/C17H14N2O3/c1-21-17(20)13(11-18)12-19-14-7-9-16(10-8-14)22-15-5-3-2-4-6-15/h2-10,12,19H,1H3/b13-12-. The van der Waals surface area contributed by atoms with Crippen LogP contribution in [-0.4, -0.2) is 13.1 Å². The zero-order chi connectivity index (χ0) is 15.8. The summed E-state index contributed by atoms with van der Waals surface area (Å²) in [4.78, 5) is 11.2. The molecule has 0 saturated heterocycles. The van der Waals surface area contributed by atoms with Crippen LogP contribution in [0.2, 0.25) is 0 Å². The molecule has 0 aliphatic heterocycles. The summed E-state index contributed by atoms with van der Waals surface area (Å²) in [6.07, 6.45) is 1.30. The Morgan fingerprint density at radius 2 is 1.73 bits per heavy atom. The van der Waals surface area contributed by atoms with Crippen LogP contribution in [0.15, 0.2) is 66.4 Å². The Morgan fingerprint density at radius 1 is 1.09 bits per heavy atom. The quantitative estimate of drug-likeness (QED) is 0.519. The fourth-order valence-corrected chi connectivity index (χ4v) is 1.65. The lowest BCUT2D eigenvalue weighted by molar-refractivity contribution is -0.135. The van der Waals surface area contributed by atoms with E-state index < -0.39 is 5.97 Å². The zero-order valence-electron chi connectivity index (χ0n) is 11.9. The third-order valence-corrected chi connectivity index (χ3v) is 2.74. The van der Waals surface area contributed by atoms with Gasteiger partial charge in [0.05, 0.1) is 7.11 Å². The molecular weight excluding hydrogens is 280 g/mol. The second-order valence-corrected chi connectivity index (χ2v) is 4.25. The van der Waals surface area contributed by atoms with Crippen molar-refractivity contribution in [2.24, 2.45) is 0 Å². The van der Waals surface area contributed by atoms with Crippen LogP contribution in [0.3, 0.4) is 0 Å². The van der Waals surface area contributed by atoms with Crippen molar-refractivity contribution < 1.29 is 14.3 Å². The number of nitriles is 1. The Morgan fingerprint density at radius 3 is 2.32 bits per heavy atom. The van der Waals surface area contributed by atoms with Gasteiger partial charge in [-0.05, 0) is 36.4 Å². The summed E-state index contributed by atoms with van der Waals surface area (Å²) in [5.41, 5.74) is 0.615. The molecule has 0 aromatic heterocycles. The average Bonchev–Trinajstić information content (AvgIpc) is 2.57. The van der Waals surface area contributed by atoms with E-state index >= 15 is 0 Å². The SMILES string of the molecule is COC(=O)/C(C#N)=C\Nc1ccc(Oc2ccccc2)cc1. The minimum absolute atomic E-state index is 0.105. The van der Waals surface area contributed by atoms with Gasteiger partial charge < -0.3 is 14.8 Å². The molecule has 0 spiro atoms. The highest BCUT2D eigenvalue weighted by atomic mass is 16.5. The molecule has 0 fully saturated rings. The molecule has 0 saturated carbocycles. The van der Waals surface area contributed by atoms with E-state index in [0.717, 1.165) is 11.4 Å². The summed E-state index contributed by atoms with van der Waals surface area (Å²) >= 11 is 0. The Labute approximate surface area is 128 Å². The molecule has 0 unspecified atom stereocenters. The number of rotatable bonds is 5. The van der Waals surface area contributed by atoms with Crippen LogP contribution in [0.4, 0.5) is 5.69 Å². The smallest absolute Gasteiger partial charge is 0.350 e. The Bertz CT molecular complexity index is 701. The number of ether oxygens (including phenoxy) is 2. The second-order valence-electron chi connectivity index (χ2n) is 4.25. The number of methoxy groups -OCH3 is 1. The van der Waals surface area contributed by atoms with E-state index in [2.05, 4.69) is 10.1 Å². The van der Waals surface area contributed by atoms with Gasteiger partial charge in [0.1, 0.15) is 17.6 Å². The van der Waals surface area contributed by atoms with E-state index in [1.54, 1.807) is 30.3 Å². The lowest BCUT2D eigenvalue weighted by atomic mass is 10.3. The third-order valence-electron chi connectivity index (χ3n) is 2.74. The molecule has 2 rings (SSSR count). The Kier molecular flexibility index (Phi) is 5.16. The first kappa shape index (κ1) is 15.1. The molecule has 1 N–H and O–H groups in total. The van der Waals surface area contributed by atoms with Crippen molar-refractivity contribution in [2.45, 2.75) is 0 Å². The second kappa shape index (κ2) is 7.50. The van der Waals surface area contributed by atoms with Crippen LogP contribution in [0.25, 0.3) is 0 Å². The number of carbonyl (C=O) groups excluding carboxylic acids is 1. The van der Waals surface area contributed by atoms with E-state index in [1.165, 1.54) is 13.3 Å². The Balaban J connectivity index is 2.02.